The predicted octanol–water partition coefficient (Wildman–Crippen LogP) is 0.765. The lowest BCUT2D eigenvalue weighted by atomic mass is 9.42. The zero-order chi connectivity index (χ0) is 27.5. The monoisotopic (exact) mass is 550 g/mol. The molecular formula is C29H42O10. The third kappa shape index (κ3) is 3.40. The van der Waals surface area contributed by atoms with Gasteiger partial charge in [0.2, 0.25) is 12.1 Å². The van der Waals surface area contributed by atoms with Crippen molar-refractivity contribution < 1.29 is 49.3 Å². The van der Waals surface area contributed by atoms with Gasteiger partial charge in [-0.1, -0.05) is 6.92 Å². The van der Waals surface area contributed by atoms with E-state index in [4.69, 9.17) is 18.9 Å². The summed E-state index contributed by atoms with van der Waals surface area (Å²) in [6.45, 7) is 3.87. The molecule has 0 aromatic carbocycles. The van der Waals surface area contributed by atoms with Gasteiger partial charge in [0, 0.05) is 29.9 Å². The average Bonchev–Trinajstić information content (AvgIpc) is 3.44. The lowest BCUT2D eigenvalue weighted by Crippen LogP contribution is -2.72. The van der Waals surface area contributed by atoms with Gasteiger partial charge in [-0.3, -0.25) is 0 Å². The van der Waals surface area contributed by atoms with Crippen LogP contribution in [0.4, 0.5) is 0 Å². The minimum atomic E-state index is -1.98. The topological polar surface area (TPSA) is 155 Å². The molecule has 10 nitrogen and oxygen atoms in total. The van der Waals surface area contributed by atoms with Crippen LogP contribution in [0.5, 0.6) is 0 Å². The summed E-state index contributed by atoms with van der Waals surface area (Å²) in [4.78, 5) is 11.8. The maximum absolute atomic E-state index is 12.5. The van der Waals surface area contributed by atoms with Crippen LogP contribution in [0.2, 0.25) is 0 Å². The standard InChI is InChI=1S/C29H42O10/c1-14-7-23(32)29(35)25(37-14)38-20-9-16-3-4-18-19(27(16,13-30)11-21(20)39-29)10-22(31)26(2)17(5-6-28(18,26)34)15-8-24(33)36-12-15/h8,14,16-23,25,30-32,34-35H,3-7,9-13H2,1-2H3/t14-,16+,17-,18?,19?,20-,21-,22-,23-,25+,26+,27-,28+,29+/m1/s1. The van der Waals surface area contributed by atoms with Crippen molar-refractivity contribution in [1.82, 2.24) is 0 Å². The van der Waals surface area contributed by atoms with Gasteiger partial charge in [0.25, 0.3) is 0 Å². The molecule has 7 aliphatic rings. The second-order valence-electron chi connectivity index (χ2n) is 13.8. The number of aliphatic hydroxyl groups is 5. The Morgan fingerprint density at radius 1 is 1.00 bits per heavy atom. The minimum absolute atomic E-state index is 0.0895. The van der Waals surface area contributed by atoms with Crippen molar-refractivity contribution >= 4 is 5.97 Å². The average molecular weight is 551 g/mol. The highest BCUT2D eigenvalue weighted by Gasteiger charge is 2.72. The molecule has 4 saturated carbocycles. The van der Waals surface area contributed by atoms with Gasteiger partial charge < -0.3 is 44.5 Å². The van der Waals surface area contributed by atoms with E-state index in [0.717, 1.165) is 18.4 Å². The van der Waals surface area contributed by atoms with E-state index in [1.807, 2.05) is 13.8 Å². The first kappa shape index (κ1) is 26.8. The highest BCUT2D eigenvalue weighted by Crippen LogP contribution is 2.70. The van der Waals surface area contributed by atoms with Gasteiger partial charge in [-0.2, -0.15) is 0 Å². The first-order chi connectivity index (χ1) is 18.5. The van der Waals surface area contributed by atoms with E-state index in [9.17, 15) is 30.3 Å². The zero-order valence-corrected chi connectivity index (χ0v) is 22.7. The third-order valence-corrected chi connectivity index (χ3v) is 12.4. The highest BCUT2D eigenvalue weighted by atomic mass is 16.8. The minimum Gasteiger partial charge on any atom is -0.458 e. The molecule has 39 heavy (non-hydrogen) atoms. The number of aliphatic hydroxyl groups excluding tert-OH is 3. The molecule has 0 bridgehead atoms. The fourth-order valence-corrected chi connectivity index (χ4v) is 10.4. The number of hydrogen-bond donors (Lipinski definition) is 5. The lowest BCUT2D eigenvalue weighted by Gasteiger charge is -2.66. The summed E-state index contributed by atoms with van der Waals surface area (Å²) in [5, 5.41) is 57.3. The molecule has 5 N–H and O–H groups in total. The van der Waals surface area contributed by atoms with Crippen LogP contribution in [0, 0.1) is 34.5 Å². The molecule has 218 valence electrons. The van der Waals surface area contributed by atoms with Gasteiger partial charge in [-0.05, 0) is 81.1 Å². The van der Waals surface area contributed by atoms with Crippen molar-refractivity contribution in [2.45, 2.75) is 113 Å². The maximum atomic E-state index is 12.5. The number of ether oxygens (including phenoxy) is 4. The van der Waals surface area contributed by atoms with Gasteiger partial charge in [0.05, 0.1) is 30.0 Å². The summed E-state index contributed by atoms with van der Waals surface area (Å²) in [6.07, 6.45) is 1.65. The van der Waals surface area contributed by atoms with Crippen molar-refractivity contribution in [2.24, 2.45) is 34.5 Å². The van der Waals surface area contributed by atoms with E-state index in [1.165, 1.54) is 6.08 Å². The van der Waals surface area contributed by atoms with Crippen LogP contribution in [0.1, 0.15) is 65.2 Å². The number of carbonyl (C=O) groups is 1. The molecule has 0 aromatic heterocycles. The Morgan fingerprint density at radius 3 is 2.51 bits per heavy atom. The van der Waals surface area contributed by atoms with Crippen molar-refractivity contribution in [3.8, 4) is 0 Å². The molecule has 6 fully saturated rings. The summed E-state index contributed by atoms with van der Waals surface area (Å²) in [6, 6.07) is 0. The summed E-state index contributed by atoms with van der Waals surface area (Å²) in [5.41, 5.74) is -1.78. The summed E-state index contributed by atoms with van der Waals surface area (Å²) in [7, 11) is 0. The number of fused-ring (bicyclic) bond motifs is 7. The van der Waals surface area contributed by atoms with Crippen molar-refractivity contribution in [3.63, 3.8) is 0 Å². The Balaban J connectivity index is 1.20. The fourth-order valence-electron chi connectivity index (χ4n) is 10.4. The van der Waals surface area contributed by atoms with E-state index in [1.54, 1.807) is 0 Å². The molecule has 0 amide bonds. The molecule has 0 radical (unpaired) electrons. The molecule has 4 aliphatic carbocycles. The number of cyclic esters (lactones) is 1. The second kappa shape index (κ2) is 8.70. The summed E-state index contributed by atoms with van der Waals surface area (Å²) >= 11 is 0. The number of carbonyl (C=O) groups excluding carboxylic acids is 1. The fraction of sp³-hybridized carbons (Fsp3) is 0.897. The molecule has 14 atom stereocenters. The van der Waals surface area contributed by atoms with Crippen molar-refractivity contribution in [1.29, 1.82) is 0 Å². The van der Waals surface area contributed by atoms with E-state index in [2.05, 4.69) is 0 Å². The molecule has 0 aromatic rings. The first-order valence-electron chi connectivity index (χ1n) is 14.7. The SMILES string of the molecule is C[C@@H]1C[C@@H](O)[C@]2(O)O[C@@H]3C[C@]4(CO)C5C[C@@H](O)[C@]6(C)[C@@H](C7=CC(=O)OC7)CC[C@]6(O)C5CC[C@H]4C[C@H]3O[C@@H]2O1. The van der Waals surface area contributed by atoms with Gasteiger partial charge in [0.1, 0.15) is 12.7 Å². The van der Waals surface area contributed by atoms with Crippen LogP contribution in [0.15, 0.2) is 11.6 Å². The van der Waals surface area contributed by atoms with E-state index < -0.39 is 46.8 Å². The van der Waals surface area contributed by atoms with Gasteiger partial charge in [-0.25, -0.2) is 4.79 Å². The Hall–Kier alpha value is -1.11. The zero-order valence-electron chi connectivity index (χ0n) is 22.7. The molecule has 0 spiro atoms. The van der Waals surface area contributed by atoms with Crippen LogP contribution in [0.25, 0.3) is 0 Å². The van der Waals surface area contributed by atoms with E-state index in [0.29, 0.717) is 32.1 Å². The van der Waals surface area contributed by atoms with Crippen molar-refractivity contribution in [3.05, 3.63) is 11.6 Å². The molecule has 2 unspecified atom stereocenters. The molecule has 3 heterocycles. The van der Waals surface area contributed by atoms with Crippen LogP contribution in [0.3, 0.4) is 0 Å². The van der Waals surface area contributed by atoms with Crippen molar-refractivity contribution in [2.75, 3.05) is 13.2 Å². The smallest absolute Gasteiger partial charge is 0.331 e. The number of esters is 1. The maximum Gasteiger partial charge on any atom is 0.331 e. The van der Waals surface area contributed by atoms with Gasteiger partial charge >= 0.3 is 5.97 Å². The number of hydrogen-bond acceptors (Lipinski definition) is 10. The molecule has 2 saturated heterocycles. The number of rotatable bonds is 2. The highest BCUT2D eigenvalue weighted by molar-refractivity contribution is 5.85. The van der Waals surface area contributed by atoms with Crippen LogP contribution < -0.4 is 0 Å². The molecular weight excluding hydrogens is 508 g/mol. The Bertz CT molecular complexity index is 1060. The van der Waals surface area contributed by atoms with Crippen LogP contribution in [-0.4, -0.2) is 92.9 Å². The normalized spacial score (nSPS) is 58.3. The molecule has 3 aliphatic heterocycles. The summed E-state index contributed by atoms with van der Waals surface area (Å²) in [5.74, 6) is -2.72. The first-order valence-corrected chi connectivity index (χ1v) is 14.7. The molecule has 10 heteroatoms. The largest absolute Gasteiger partial charge is 0.458 e. The van der Waals surface area contributed by atoms with E-state index >= 15 is 0 Å². The Labute approximate surface area is 228 Å². The van der Waals surface area contributed by atoms with E-state index in [-0.39, 0.29) is 61.5 Å². The second-order valence-corrected chi connectivity index (χ2v) is 13.8. The quantitative estimate of drug-likeness (QED) is 0.246. The lowest BCUT2D eigenvalue weighted by molar-refractivity contribution is -0.459. The van der Waals surface area contributed by atoms with Gasteiger partial charge in [0.15, 0.2) is 0 Å². The summed E-state index contributed by atoms with van der Waals surface area (Å²) < 4.78 is 23.5. The Morgan fingerprint density at radius 2 is 1.79 bits per heavy atom. The predicted molar refractivity (Wildman–Crippen MR) is 134 cm³/mol. The third-order valence-electron chi connectivity index (χ3n) is 12.4. The molecule has 7 rings (SSSR count). The van der Waals surface area contributed by atoms with Gasteiger partial charge in [-0.15, -0.1) is 0 Å². The van der Waals surface area contributed by atoms with Crippen LogP contribution in [-0.2, 0) is 23.7 Å². The Kier molecular flexibility index (Phi) is 5.97. The van der Waals surface area contributed by atoms with Crippen LogP contribution >= 0.6 is 0 Å².